The van der Waals surface area contributed by atoms with Gasteiger partial charge in [0, 0.05) is 24.9 Å². The van der Waals surface area contributed by atoms with Gasteiger partial charge in [0.2, 0.25) is 0 Å². The summed E-state index contributed by atoms with van der Waals surface area (Å²) in [4.78, 5) is 60.8. The Bertz CT molecular complexity index is 2490. The number of fused-ring (bicyclic) bond motifs is 2. The van der Waals surface area contributed by atoms with Crippen LogP contribution in [0.5, 0.6) is 11.5 Å². The van der Waals surface area contributed by atoms with Crippen LogP contribution in [0, 0.1) is 13.8 Å². The van der Waals surface area contributed by atoms with E-state index in [1.807, 2.05) is 45.9 Å². The van der Waals surface area contributed by atoms with Crippen LogP contribution in [-0.4, -0.2) is 81.9 Å². The van der Waals surface area contributed by atoms with E-state index < -0.39 is 5.97 Å². The van der Waals surface area contributed by atoms with E-state index in [0.29, 0.717) is 82.0 Å². The summed E-state index contributed by atoms with van der Waals surface area (Å²) in [7, 11) is 1.37. The molecule has 326 valence electrons. The number of benzene rings is 2. The molecule has 0 aliphatic carbocycles. The number of nitrogens with zero attached hydrogens (tertiary/aromatic N) is 6. The van der Waals surface area contributed by atoms with Gasteiger partial charge in [-0.3, -0.25) is 19.2 Å². The van der Waals surface area contributed by atoms with Gasteiger partial charge in [-0.15, -0.1) is 10.2 Å². The average Bonchev–Trinajstić information content (AvgIpc) is 3.70. The first kappa shape index (κ1) is 50.1. The number of rotatable bonds is 14. The molecule has 0 aliphatic heterocycles. The van der Waals surface area contributed by atoms with E-state index in [2.05, 4.69) is 59.9 Å². The number of anilines is 1. The number of imidazole rings is 2. The van der Waals surface area contributed by atoms with Crippen LogP contribution in [0.4, 0.5) is 5.69 Å². The summed E-state index contributed by atoms with van der Waals surface area (Å²) in [6.45, 7) is 12.5. The van der Waals surface area contributed by atoms with Gasteiger partial charge in [0.1, 0.15) is 28.5 Å². The normalized spacial score (nSPS) is 10.4. The van der Waals surface area contributed by atoms with Crippen LogP contribution < -0.4 is 26.3 Å². The van der Waals surface area contributed by atoms with E-state index in [9.17, 15) is 19.2 Å². The highest BCUT2D eigenvalue weighted by Gasteiger charge is 2.19. The van der Waals surface area contributed by atoms with Gasteiger partial charge >= 0.3 is 11.9 Å². The zero-order chi connectivity index (χ0) is 42.5. The lowest BCUT2D eigenvalue weighted by Gasteiger charge is -2.12. The summed E-state index contributed by atoms with van der Waals surface area (Å²) in [5.41, 5.74) is 10.5. The van der Waals surface area contributed by atoms with E-state index in [1.165, 1.54) is 7.11 Å². The number of H-pyrrole nitrogens is 2. The largest absolute Gasteiger partial charge is 0.493 e. The fourth-order valence-electron chi connectivity index (χ4n) is 6.05. The number of hydrogen-bond donors (Lipinski definition) is 4. The van der Waals surface area contributed by atoms with Crippen molar-refractivity contribution in [2.45, 2.75) is 94.9 Å². The SMILES string of the molecule is C.C.CCCc1nc(C)c2c(=O)[nH]c(-c3cc(CCC(=O)OC)ccc3OCC)nn12.CCCc1nc(C)c2c(=O)[nH]c(-c3cc(N)ccc3OCC)nn12.O=C(O)CBr. The highest BCUT2D eigenvalue weighted by Crippen LogP contribution is 2.31. The number of methoxy groups -OCH3 is 1. The second-order valence-electron chi connectivity index (χ2n) is 12.9. The Hall–Kier alpha value is -6.04. The third-order valence-corrected chi connectivity index (χ3v) is 9.03. The van der Waals surface area contributed by atoms with Crippen molar-refractivity contribution in [2.75, 3.05) is 31.4 Å². The molecule has 0 saturated heterocycles. The van der Waals surface area contributed by atoms with Crippen molar-refractivity contribution in [1.82, 2.24) is 39.2 Å². The number of aromatic nitrogens is 8. The Morgan fingerprint density at radius 3 is 1.63 bits per heavy atom. The van der Waals surface area contributed by atoms with Gasteiger partial charge in [-0.2, -0.15) is 0 Å². The lowest BCUT2D eigenvalue weighted by molar-refractivity contribution is -0.140. The van der Waals surface area contributed by atoms with E-state index in [0.717, 1.165) is 42.9 Å². The first-order chi connectivity index (χ1) is 27.8. The minimum Gasteiger partial charge on any atom is -0.493 e. The Kier molecular flexibility index (Phi) is 19.6. The number of carbonyl (C=O) groups is 2. The molecule has 5 N–H and O–H groups in total. The molecule has 0 bridgehead atoms. The highest BCUT2D eigenvalue weighted by atomic mass is 79.9. The van der Waals surface area contributed by atoms with Crippen LogP contribution in [0.25, 0.3) is 33.8 Å². The molecule has 6 rings (SSSR count). The Balaban J connectivity index is 0.000000365. The number of carboxylic acids is 1. The van der Waals surface area contributed by atoms with Gasteiger partial charge in [0.15, 0.2) is 22.7 Å². The molecule has 0 radical (unpaired) electrons. The number of aromatic amines is 2. The van der Waals surface area contributed by atoms with Crippen molar-refractivity contribution in [3.05, 3.63) is 85.7 Å². The molecule has 4 aromatic heterocycles. The minimum absolute atomic E-state index is 0. The number of esters is 1. The molecule has 4 heterocycles. The Morgan fingerprint density at radius 2 is 1.22 bits per heavy atom. The Labute approximate surface area is 357 Å². The number of aryl methyl sites for hydroxylation is 5. The van der Waals surface area contributed by atoms with Crippen LogP contribution >= 0.6 is 15.9 Å². The molecule has 0 amide bonds. The maximum Gasteiger partial charge on any atom is 0.314 e. The summed E-state index contributed by atoms with van der Waals surface area (Å²) in [6, 6.07) is 10.9. The first-order valence-electron chi connectivity index (χ1n) is 18.9. The molecule has 0 aliphatic rings. The molecule has 18 heteroatoms. The number of aliphatic carboxylic acids is 1. The van der Waals surface area contributed by atoms with E-state index >= 15 is 0 Å². The van der Waals surface area contributed by atoms with Crippen molar-refractivity contribution < 1.29 is 28.9 Å². The molecule has 0 atom stereocenters. The van der Waals surface area contributed by atoms with Gasteiger partial charge in [-0.05, 0) is 82.9 Å². The summed E-state index contributed by atoms with van der Waals surface area (Å²) in [5, 5.41) is 17.0. The van der Waals surface area contributed by atoms with E-state index in [-0.39, 0.29) is 43.7 Å². The fraction of sp³-hybridized carbons (Fsp3) is 0.429. The monoisotopic (exact) mass is 895 g/mol. The predicted molar refractivity (Wildman–Crippen MR) is 238 cm³/mol. The number of carboxylic acid groups (broad SMARTS) is 1. The number of nitrogen functional groups attached to an aromatic ring is 1. The molecule has 17 nitrogen and oxygen atoms in total. The number of carbonyl (C=O) groups excluding carboxylic acids is 1. The molecule has 0 saturated carbocycles. The maximum absolute atomic E-state index is 12.8. The summed E-state index contributed by atoms with van der Waals surface area (Å²) in [6.07, 6.45) is 4.08. The van der Waals surface area contributed by atoms with Gasteiger partial charge < -0.3 is 35.0 Å². The summed E-state index contributed by atoms with van der Waals surface area (Å²) < 4.78 is 19.4. The van der Waals surface area contributed by atoms with Crippen molar-refractivity contribution in [3.63, 3.8) is 0 Å². The second kappa shape index (κ2) is 23.5. The van der Waals surface area contributed by atoms with Crippen molar-refractivity contribution in [1.29, 1.82) is 0 Å². The molecule has 60 heavy (non-hydrogen) atoms. The molecule has 0 unspecified atom stereocenters. The third kappa shape index (κ3) is 12.2. The Morgan fingerprint density at radius 1 is 0.767 bits per heavy atom. The number of ether oxygens (including phenoxy) is 3. The summed E-state index contributed by atoms with van der Waals surface area (Å²) >= 11 is 2.71. The first-order valence-corrected chi connectivity index (χ1v) is 20.0. The quantitative estimate of drug-likeness (QED) is 0.0495. The van der Waals surface area contributed by atoms with Crippen LogP contribution in [0.1, 0.15) is 90.4 Å². The number of hydrogen-bond acceptors (Lipinski definition) is 12. The van der Waals surface area contributed by atoms with Crippen molar-refractivity contribution in [2.24, 2.45) is 0 Å². The van der Waals surface area contributed by atoms with Gasteiger partial charge in [0.05, 0.1) is 42.8 Å². The highest BCUT2D eigenvalue weighted by molar-refractivity contribution is 9.09. The fourth-order valence-corrected chi connectivity index (χ4v) is 6.05. The predicted octanol–water partition coefficient (Wildman–Crippen LogP) is 6.91. The molecule has 2 aromatic carbocycles. The summed E-state index contributed by atoms with van der Waals surface area (Å²) in [5.74, 6) is 2.50. The second-order valence-corrected chi connectivity index (χ2v) is 13.5. The smallest absolute Gasteiger partial charge is 0.314 e. The number of halogens is 1. The van der Waals surface area contributed by atoms with E-state index in [4.69, 9.17) is 25.1 Å². The lowest BCUT2D eigenvalue weighted by Crippen LogP contribution is -2.16. The number of alkyl halides is 1. The van der Waals surface area contributed by atoms with Gasteiger partial charge in [0.25, 0.3) is 11.1 Å². The van der Waals surface area contributed by atoms with Crippen molar-refractivity contribution >= 4 is 44.6 Å². The molecule has 0 fully saturated rings. The molecule has 0 spiro atoms. The average molecular weight is 897 g/mol. The van der Waals surface area contributed by atoms with Gasteiger partial charge in [-0.1, -0.05) is 50.7 Å². The van der Waals surface area contributed by atoms with Crippen LogP contribution in [0.2, 0.25) is 0 Å². The number of nitrogens with one attached hydrogen (secondary N) is 2. The zero-order valence-corrected chi connectivity index (χ0v) is 35.4. The maximum atomic E-state index is 12.8. The van der Waals surface area contributed by atoms with Crippen LogP contribution in [0.3, 0.4) is 0 Å². The molecular formula is C42H58BrN9O8. The standard InChI is InChI=1S/C21H26N4O4.C17H21N5O2.C2H3BrO2.2CH4/c1-5-7-17-22-13(3)19-21(27)23-20(24-25(17)19)15-12-14(9-11-18(26)28-4)8-10-16(15)29-6-2;1-4-6-14-19-10(3)15-17(23)20-16(21-22(14)15)12-9-11(18)7-8-13(12)24-5-2;3-1-2(4)5;;/h8,10,12H,5-7,9,11H2,1-4H3,(H,23,24,27);7-9H,4-6,18H2,1-3H3,(H,20,21,23);1H2,(H,4,5);2*1H4. The van der Waals surface area contributed by atoms with Crippen molar-refractivity contribution in [3.8, 4) is 34.3 Å². The van der Waals surface area contributed by atoms with Gasteiger partial charge in [-0.25, -0.2) is 19.0 Å². The minimum atomic E-state index is -0.829. The molecule has 6 aromatic rings. The lowest BCUT2D eigenvalue weighted by atomic mass is 10.0. The topological polar surface area (TPSA) is 234 Å². The van der Waals surface area contributed by atoms with Crippen LogP contribution in [0.15, 0.2) is 46.0 Å². The van der Waals surface area contributed by atoms with Crippen LogP contribution in [-0.2, 0) is 33.6 Å². The zero-order valence-electron chi connectivity index (χ0n) is 33.8. The number of nitrogens with two attached hydrogens (primary N) is 1. The third-order valence-electron chi connectivity index (χ3n) is 8.55. The van der Waals surface area contributed by atoms with E-state index in [1.54, 1.807) is 27.2 Å². The molecular weight excluding hydrogens is 838 g/mol.